The van der Waals surface area contributed by atoms with E-state index in [-0.39, 0.29) is 17.1 Å². The molecule has 0 aliphatic carbocycles. The van der Waals surface area contributed by atoms with Crippen LogP contribution in [0.2, 0.25) is 0 Å². The summed E-state index contributed by atoms with van der Waals surface area (Å²) in [6.07, 6.45) is -5.47. The van der Waals surface area contributed by atoms with E-state index in [9.17, 15) is 27.6 Å². The van der Waals surface area contributed by atoms with Gasteiger partial charge in [-0.25, -0.2) is 15.2 Å². The molecule has 0 aliphatic rings. The molecular weight excluding hydrogens is 449 g/mol. The van der Waals surface area contributed by atoms with E-state index in [1.165, 1.54) is 36.4 Å². The summed E-state index contributed by atoms with van der Waals surface area (Å²) in [5.41, 5.74) is 15.3. The predicted octanol–water partition coefficient (Wildman–Crippen LogP) is 1.65. The Morgan fingerprint density at radius 3 is 2.30 bits per heavy atom. The number of halogens is 3. The van der Waals surface area contributed by atoms with Crippen LogP contribution < -0.4 is 32.4 Å². The first kappa shape index (κ1) is 24.8. The van der Waals surface area contributed by atoms with Crippen molar-refractivity contribution >= 4 is 29.6 Å². The molecule has 14 heteroatoms. The highest BCUT2D eigenvalue weighted by molar-refractivity contribution is 5.96. The van der Waals surface area contributed by atoms with E-state index in [0.29, 0.717) is 5.69 Å². The second-order valence-corrected chi connectivity index (χ2v) is 6.41. The van der Waals surface area contributed by atoms with Gasteiger partial charge in [0, 0.05) is 5.56 Å². The van der Waals surface area contributed by atoms with E-state index in [1.54, 1.807) is 0 Å². The number of nitrogens with zero attached hydrogens (tertiary/aromatic N) is 1. The van der Waals surface area contributed by atoms with Gasteiger partial charge in [0.1, 0.15) is 5.75 Å². The topological polar surface area (TPSA) is 181 Å². The number of rotatable bonds is 7. The highest BCUT2D eigenvalue weighted by Crippen LogP contribution is 2.25. The molecule has 0 saturated heterocycles. The second kappa shape index (κ2) is 10.7. The SMILES string of the molecule is NC(N)=Nc1cccc(C(=O)NNC(=O)NC(CC(=O)O)c2ccc(OC(F)(F)F)cc2)c1. The Bertz CT molecular complexity index is 1040. The number of amides is 3. The number of carboxylic acid groups (broad SMARTS) is 1. The molecule has 2 aromatic rings. The van der Waals surface area contributed by atoms with Gasteiger partial charge in [0.2, 0.25) is 0 Å². The third kappa shape index (κ3) is 8.64. The number of hydrogen-bond acceptors (Lipinski definition) is 5. The minimum absolute atomic E-state index is 0.111. The monoisotopic (exact) mass is 468 g/mol. The molecule has 0 bridgehead atoms. The van der Waals surface area contributed by atoms with Gasteiger partial charge >= 0.3 is 18.4 Å². The molecule has 2 aromatic carbocycles. The van der Waals surface area contributed by atoms with Gasteiger partial charge < -0.3 is 26.6 Å². The number of aliphatic imine (C=N–C) groups is 1. The van der Waals surface area contributed by atoms with Crippen molar-refractivity contribution in [3.8, 4) is 5.75 Å². The lowest BCUT2D eigenvalue weighted by Gasteiger charge is -2.19. The van der Waals surface area contributed by atoms with Crippen molar-refractivity contribution < 1.29 is 37.4 Å². The fraction of sp³-hybridized carbons (Fsp3) is 0.158. The van der Waals surface area contributed by atoms with E-state index in [4.69, 9.17) is 16.6 Å². The summed E-state index contributed by atoms with van der Waals surface area (Å²) in [6, 6.07) is 8.03. The fourth-order valence-electron chi connectivity index (χ4n) is 2.57. The number of aliphatic carboxylic acids is 1. The number of ether oxygens (including phenoxy) is 1. The first-order chi connectivity index (χ1) is 15.4. The lowest BCUT2D eigenvalue weighted by Crippen LogP contribution is -2.48. The Morgan fingerprint density at radius 2 is 1.73 bits per heavy atom. The van der Waals surface area contributed by atoms with E-state index in [0.717, 1.165) is 12.1 Å². The molecule has 3 amide bonds. The molecule has 0 spiro atoms. The average Bonchev–Trinajstić information content (AvgIpc) is 2.70. The molecule has 33 heavy (non-hydrogen) atoms. The number of guanidine groups is 1. The lowest BCUT2D eigenvalue weighted by atomic mass is 10.0. The molecule has 0 heterocycles. The summed E-state index contributed by atoms with van der Waals surface area (Å²) in [7, 11) is 0. The minimum Gasteiger partial charge on any atom is -0.481 e. The first-order valence-corrected chi connectivity index (χ1v) is 9.07. The molecule has 2 rings (SSSR count). The maximum atomic E-state index is 12.3. The Hall–Kier alpha value is -4.49. The van der Waals surface area contributed by atoms with Crippen molar-refractivity contribution in [1.82, 2.24) is 16.2 Å². The molecule has 1 atom stereocenters. The van der Waals surface area contributed by atoms with Gasteiger partial charge in [0.25, 0.3) is 5.91 Å². The van der Waals surface area contributed by atoms with Crippen molar-refractivity contribution in [2.75, 3.05) is 0 Å². The van der Waals surface area contributed by atoms with Crippen molar-refractivity contribution in [2.45, 2.75) is 18.8 Å². The highest BCUT2D eigenvalue weighted by Gasteiger charge is 2.31. The zero-order valence-corrected chi connectivity index (χ0v) is 16.7. The zero-order chi connectivity index (χ0) is 24.6. The number of carboxylic acids is 1. The molecule has 11 nitrogen and oxygen atoms in total. The summed E-state index contributed by atoms with van der Waals surface area (Å²) < 4.78 is 40.6. The second-order valence-electron chi connectivity index (χ2n) is 6.41. The van der Waals surface area contributed by atoms with Crippen LogP contribution in [0.15, 0.2) is 53.5 Å². The molecule has 1 unspecified atom stereocenters. The van der Waals surface area contributed by atoms with Crippen molar-refractivity contribution in [3.05, 3.63) is 59.7 Å². The fourth-order valence-corrected chi connectivity index (χ4v) is 2.57. The molecule has 176 valence electrons. The van der Waals surface area contributed by atoms with Gasteiger partial charge in [-0.15, -0.1) is 13.2 Å². The lowest BCUT2D eigenvalue weighted by molar-refractivity contribution is -0.274. The molecule has 0 saturated carbocycles. The van der Waals surface area contributed by atoms with E-state index < -0.39 is 42.5 Å². The molecule has 0 aliphatic heterocycles. The van der Waals surface area contributed by atoms with Gasteiger partial charge in [-0.3, -0.25) is 15.0 Å². The normalized spacial score (nSPS) is 11.6. The number of nitrogens with one attached hydrogen (secondary N) is 3. The Morgan fingerprint density at radius 1 is 1.06 bits per heavy atom. The third-order valence-electron chi connectivity index (χ3n) is 3.86. The van der Waals surface area contributed by atoms with Crippen LogP contribution in [-0.2, 0) is 4.79 Å². The summed E-state index contributed by atoms with van der Waals surface area (Å²) >= 11 is 0. The van der Waals surface area contributed by atoms with Crippen LogP contribution >= 0.6 is 0 Å². The van der Waals surface area contributed by atoms with Gasteiger partial charge in [-0.1, -0.05) is 18.2 Å². The predicted molar refractivity (Wildman–Crippen MR) is 109 cm³/mol. The zero-order valence-electron chi connectivity index (χ0n) is 16.7. The number of urea groups is 1. The number of alkyl halides is 3. The number of hydrazine groups is 1. The number of hydrogen-bond donors (Lipinski definition) is 6. The van der Waals surface area contributed by atoms with Crippen LogP contribution in [0.1, 0.15) is 28.4 Å². The highest BCUT2D eigenvalue weighted by atomic mass is 19.4. The van der Waals surface area contributed by atoms with Gasteiger partial charge in [0.05, 0.1) is 18.2 Å². The molecule has 0 aromatic heterocycles. The Balaban J connectivity index is 2.02. The average molecular weight is 468 g/mol. The van der Waals surface area contributed by atoms with Crippen LogP contribution in [-0.4, -0.2) is 35.3 Å². The molecule has 0 fully saturated rings. The smallest absolute Gasteiger partial charge is 0.481 e. The number of benzene rings is 2. The Labute approximate surface area is 184 Å². The molecule has 8 N–H and O–H groups in total. The van der Waals surface area contributed by atoms with Crippen LogP contribution in [0.5, 0.6) is 5.75 Å². The van der Waals surface area contributed by atoms with E-state index in [2.05, 4.69) is 25.9 Å². The van der Waals surface area contributed by atoms with E-state index in [1.807, 2.05) is 0 Å². The summed E-state index contributed by atoms with van der Waals surface area (Å²) in [4.78, 5) is 39.3. The quantitative estimate of drug-likeness (QED) is 0.203. The van der Waals surface area contributed by atoms with Crippen molar-refractivity contribution in [2.24, 2.45) is 16.5 Å². The summed E-state index contributed by atoms with van der Waals surface area (Å²) in [6.45, 7) is 0. The van der Waals surface area contributed by atoms with E-state index >= 15 is 0 Å². The molecular formula is C19H19F3N6O5. The van der Waals surface area contributed by atoms with Gasteiger partial charge in [0.15, 0.2) is 5.96 Å². The Kier molecular flexibility index (Phi) is 8.03. The van der Waals surface area contributed by atoms with Gasteiger partial charge in [-0.2, -0.15) is 0 Å². The van der Waals surface area contributed by atoms with Crippen LogP contribution in [0.3, 0.4) is 0 Å². The number of carbonyl (C=O) groups is 3. The summed E-state index contributed by atoms with van der Waals surface area (Å²) in [5, 5.41) is 11.4. The van der Waals surface area contributed by atoms with Gasteiger partial charge in [-0.05, 0) is 35.9 Å². The van der Waals surface area contributed by atoms with Crippen LogP contribution in [0.25, 0.3) is 0 Å². The largest absolute Gasteiger partial charge is 0.573 e. The first-order valence-electron chi connectivity index (χ1n) is 9.07. The van der Waals surface area contributed by atoms with Crippen LogP contribution in [0, 0.1) is 0 Å². The van der Waals surface area contributed by atoms with Crippen molar-refractivity contribution in [3.63, 3.8) is 0 Å². The number of carbonyl (C=O) groups excluding carboxylic acids is 2. The third-order valence-corrected chi connectivity index (χ3v) is 3.86. The number of nitrogens with two attached hydrogens (primary N) is 2. The summed E-state index contributed by atoms with van der Waals surface area (Å²) in [5.74, 6) is -2.73. The minimum atomic E-state index is -4.89. The maximum Gasteiger partial charge on any atom is 0.573 e. The maximum absolute atomic E-state index is 12.3. The van der Waals surface area contributed by atoms with Crippen molar-refractivity contribution in [1.29, 1.82) is 0 Å². The standard InChI is InChI=1S/C19H19F3N6O5/c20-19(21,22)33-13-6-4-10(5-7-13)14(9-15(29)30)26-18(32)28-27-16(31)11-2-1-3-12(8-11)25-17(23)24/h1-8,14H,9H2,(H,27,31)(H,29,30)(H4,23,24,25)(H2,26,28,32). The molecule has 0 radical (unpaired) electrons. The van der Waals surface area contributed by atoms with Crippen LogP contribution in [0.4, 0.5) is 23.7 Å².